The summed E-state index contributed by atoms with van der Waals surface area (Å²) in [6.07, 6.45) is 9.43. The molecule has 3 aromatic rings. The quantitative estimate of drug-likeness (QED) is 0.296. The predicted octanol–water partition coefficient (Wildman–Crippen LogP) is 6.31. The zero-order valence-corrected chi connectivity index (χ0v) is 21.8. The van der Waals surface area contributed by atoms with Gasteiger partial charge in [0.05, 0.1) is 21.3 Å². The fourth-order valence-electron chi connectivity index (χ4n) is 4.19. The minimum absolute atomic E-state index is 0.268. The Labute approximate surface area is 217 Å². The average molecular weight is 524 g/mol. The number of nitrogens with zero attached hydrogens (tertiary/aromatic N) is 3. The first kappa shape index (κ1) is 23.7. The molecule has 6 nitrogen and oxygen atoms in total. The zero-order valence-electron chi connectivity index (χ0n) is 19.4. The van der Waals surface area contributed by atoms with Crippen molar-refractivity contribution in [2.75, 3.05) is 4.90 Å². The zero-order chi connectivity index (χ0) is 24.9. The molecule has 0 atom stereocenters. The molecule has 1 fully saturated rings. The number of allylic oxidation sites excluding steroid dienone is 4. The van der Waals surface area contributed by atoms with Gasteiger partial charge in [0.15, 0.2) is 4.32 Å². The third-order valence-corrected chi connectivity index (χ3v) is 7.68. The maximum atomic E-state index is 13.4. The number of aryl methyl sites for hydroxylation is 1. The molecule has 0 spiro atoms. The molecule has 35 heavy (non-hydrogen) atoms. The number of benzene rings is 1. The van der Waals surface area contributed by atoms with E-state index in [0.29, 0.717) is 31.5 Å². The van der Waals surface area contributed by atoms with Gasteiger partial charge in [-0.1, -0.05) is 59.4 Å². The summed E-state index contributed by atoms with van der Waals surface area (Å²) in [5.41, 5.74) is 3.27. The van der Waals surface area contributed by atoms with Crippen molar-refractivity contribution in [3.05, 3.63) is 85.9 Å². The Morgan fingerprint density at radius 3 is 2.69 bits per heavy atom. The van der Waals surface area contributed by atoms with Crippen LogP contribution >= 0.6 is 35.6 Å². The Morgan fingerprint density at radius 2 is 1.94 bits per heavy atom. The number of carbonyl (C=O) groups is 1. The van der Waals surface area contributed by atoms with E-state index in [1.165, 1.54) is 4.90 Å². The molecule has 0 unspecified atom stereocenters. The predicted molar refractivity (Wildman–Crippen MR) is 147 cm³/mol. The number of amides is 1. The monoisotopic (exact) mass is 523 g/mol. The van der Waals surface area contributed by atoms with Gasteiger partial charge in [-0.3, -0.25) is 19.2 Å². The summed E-state index contributed by atoms with van der Waals surface area (Å²) in [6, 6.07) is 9.31. The maximum Gasteiger partial charge on any atom is 0.296 e. The van der Waals surface area contributed by atoms with E-state index < -0.39 is 0 Å². The van der Waals surface area contributed by atoms with Crippen molar-refractivity contribution in [2.45, 2.75) is 26.7 Å². The molecule has 0 bridgehead atoms. The molecule has 1 amide bonds. The van der Waals surface area contributed by atoms with Crippen molar-refractivity contribution in [2.24, 2.45) is 7.05 Å². The van der Waals surface area contributed by atoms with E-state index in [1.54, 1.807) is 28.6 Å². The minimum Gasteiger partial charge on any atom is -0.457 e. The highest BCUT2D eigenvalue weighted by molar-refractivity contribution is 8.27. The number of carbonyl (C=O) groups excluding carboxylic acids is 1. The number of furan rings is 1. The summed E-state index contributed by atoms with van der Waals surface area (Å²) >= 11 is 13.0. The van der Waals surface area contributed by atoms with Crippen LogP contribution in [0.3, 0.4) is 0 Å². The van der Waals surface area contributed by atoms with Crippen LogP contribution in [0.4, 0.5) is 5.69 Å². The summed E-state index contributed by atoms with van der Waals surface area (Å²) < 4.78 is 9.61. The van der Waals surface area contributed by atoms with Gasteiger partial charge < -0.3 is 4.42 Å². The van der Waals surface area contributed by atoms with Crippen LogP contribution in [0.2, 0.25) is 5.02 Å². The second kappa shape index (κ2) is 9.18. The molecule has 5 rings (SSSR count). The van der Waals surface area contributed by atoms with Crippen molar-refractivity contribution in [3.8, 4) is 11.3 Å². The molecule has 0 N–H and O–H groups in total. The molecule has 3 heterocycles. The van der Waals surface area contributed by atoms with Crippen LogP contribution in [0, 0.1) is 13.8 Å². The van der Waals surface area contributed by atoms with E-state index in [4.69, 9.17) is 28.2 Å². The normalized spacial score (nSPS) is 17.1. The highest BCUT2D eigenvalue weighted by Gasteiger charge is 2.38. The molecule has 1 aliphatic carbocycles. The average Bonchev–Trinajstić information content (AvgIpc) is 3.47. The van der Waals surface area contributed by atoms with Gasteiger partial charge in [-0.25, -0.2) is 4.68 Å². The third kappa shape index (κ3) is 4.16. The molecule has 1 saturated heterocycles. The first-order chi connectivity index (χ1) is 16.8. The second-order valence-electron chi connectivity index (χ2n) is 8.39. The molecule has 1 aliphatic heterocycles. The van der Waals surface area contributed by atoms with Crippen LogP contribution in [0.15, 0.2) is 62.7 Å². The molecule has 2 aliphatic rings. The van der Waals surface area contributed by atoms with Gasteiger partial charge in [0.1, 0.15) is 17.2 Å². The number of anilines is 1. The van der Waals surface area contributed by atoms with E-state index in [1.807, 2.05) is 56.3 Å². The van der Waals surface area contributed by atoms with E-state index in [0.717, 1.165) is 41.4 Å². The Bertz CT molecular complexity index is 1540. The lowest BCUT2D eigenvalue weighted by Crippen LogP contribution is -2.33. The van der Waals surface area contributed by atoms with Crippen molar-refractivity contribution >= 4 is 63.3 Å². The van der Waals surface area contributed by atoms with Crippen LogP contribution in [-0.4, -0.2) is 19.6 Å². The number of aromatic nitrogens is 2. The highest BCUT2D eigenvalue weighted by Crippen LogP contribution is 2.37. The summed E-state index contributed by atoms with van der Waals surface area (Å²) in [4.78, 5) is 28.5. The van der Waals surface area contributed by atoms with Crippen LogP contribution in [0.25, 0.3) is 23.1 Å². The molecule has 0 radical (unpaired) electrons. The van der Waals surface area contributed by atoms with Crippen LogP contribution in [-0.2, 0) is 11.8 Å². The number of rotatable bonds is 4. The van der Waals surface area contributed by atoms with E-state index >= 15 is 0 Å². The smallest absolute Gasteiger partial charge is 0.296 e. The van der Waals surface area contributed by atoms with E-state index in [9.17, 15) is 9.59 Å². The Kier molecular flexibility index (Phi) is 6.21. The first-order valence-corrected chi connectivity index (χ1v) is 12.7. The van der Waals surface area contributed by atoms with Gasteiger partial charge in [-0.05, 0) is 57.0 Å². The fraction of sp³-hybridized carbons (Fsp3) is 0.192. The summed E-state index contributed by atoms with van der Waals surface area (Å²) in [6.45, 7) is 3.79. The topological polar surface area (TPSA) is 60.4 Å². The van der Waals surface area contributed by atoms with Gasteiger partial charge in [0.25, 0.3) is 11.5 Å². The molecule has 0 saturated carbocycles. The highest BCUT2D eigenvalue weighted by atomic mass is 35.5. The van der Waals surface area contributed by atoms with Gasteiger partial charge in [-0.2, -0.15) is 0 Å². The number of halogens is 1. The Hall–Kier alpha value is -3.07. The minimum atomic E-state index is -0.349. The largest absolute Gasteiger partial charge is 0.457 e. The van der Waals surface area contributed by atoms with Gasteiger partial charge in [0.2, 0.25) is 0 Å². The number of hydrogen-bond donors (Lipinski definition) is 0. The number of thioether (sulfide) groups is 1. The lowest BCUT2D eigenvalue weighted by atomic mass is 10.1. The SMILES string of the molecule is Cc1ccc(Cl)c(-c2ccc(/C=C3\SC(=S)N(c4c(C)n(C)n(C5=CCCC=C5)c4=O)C3=O)o2)c1. The first-order valence-electron chi connectivity index (χ1n) is 11.1. The van der Waals surface area contributed by atoms with Gasteiger partial charge in [-0.15, -0.1) is 0 Å². The van der Waals surface area contributed by atoms with Crippen LogP contribution in [0.5, 0.6) is 0 Å². The van der Waals surface area contributed by atoms with Gasteiger partial charge in [0, 0.05) is 18.7 Å². The Morgan fingerprint density at radius 1 is 1.14 bits per heavy atom. The lowest BCUT2D eigenvalue weighted by Gasteiger charge is -2.12. The second-order valence-corrected chi connectivity index (χ2v) is 10.5. The summed E-state index contributed by atoms with van der Waals surface area (Å²) in [5.74, 6) is 0.756. The van der Waals surface area contributed by atoms with Crippen molar-refractivity contribution < 1.29 is 9.21 Å². The van der Waals surface area contributed by atoms with Crippen molar-refractivity contribution in [1.82, 2.24) is 9.36 Å². The molecule has 178 valence electrons. The van der Waals surface area contributed by atoms with Crippen molar-refractivity contribution in [3.63, 3.8) is 0 Å². The number of hydrogen-bond acceptors (Lipinski definition) is 5. The maximum absolute atomic E-state index is 13.4. The van der Waals surface area contributed by atoms with E-state index in [2.05, 4.69) is 0 Å². The number of thiocarbonyl (C=S) groups is 1. The lowest BCUT2D eigenvalue weighted by molar-refractivity contribution is -0.113. The molecular formula is C26H22ClN3O3S2. The standard InChI is InChI=1S/C26H22ClN3O3S2/c1-15-9-11-20(27)19(13-15)21-12-10-18(33-21)14-22-24(31)29(26(34)35-22)23-16(2)28(3)30(25(23)32)17-7-5-4-6-8-17/h5,7-14H,4,6H2,1-3H3/b22-14-. The van der Waals surface area contributed by atoms with Gasteiger partial charge >= 0.3 is 0 Å². The molecular weight excluding hydrogens is 502 g/mol. The Balaban J connectivity index is 1.49. The molecule has 2 aromatic heterocycles. The van der Waals surface area contributed by atoms with Crippen LogP contribution in [0.1, 0.15) is 29.9 Å². The van der Waals surface area contributed by atoms with Crippen LogP contribution < -0.4 is 10.5 Å². The van der Waals surface area contributed by atoms with E-state index in [-0.39, 0.29) is 17.2 Å². The molecule has 9 heteroatoms. The van der Waals surface area contributed by atoms with Crippen molar-refractivity contribution in [1.29, 1.82) is 0 Å². The third-order valence-electron chi connectivity index (χ3n) is 6.05. The fourth-order valence-corrected chi connectivity index (χ4v) is 5.65. The summed E-state index contributed by atoms with van der Waals surface area (Å²) in [7, 11) is 1.80. The molecule has 1 aromatic carbocycles. The summed E-state index contributed by atoms with van der Waals surface area (Å²) in [5, 5.41) is 0.585.